The minimum atomic E-state index is -4.56. The highest BCUT2D eigenvalue weighted by atomic mass is 32.2. The number of guanidine groups is 1. The van der Waals surface area contributed by atoms with E-state index in [4.69, 9.17) is 4.74 Å². The van der Waals surface area contributed by atoms with Gasteiger partial charge in [-0.1, -0.05) is 17.8 Å². The van der Waals surface area contributed by atoms with Crippen LogP contribution in [-0.2, 0) is 10.9 Å². The Labute approximate surface area is 187 Å². The molecule has 0 aromatic carbocycles. The van der Waals surface area contributed by atoms with Crippen LogP contribution in [0, 0.1) is 0 Å². The number of thioether (sulfide) groups is 1. The van der Waals surface area contributed by atoms with Crippen molar-refractivity contribution in [1.82, 2.24) is 20.2 Å². The second kappa shape index (κ2) is 8.36. The topological polar surface area (TPSA) is 75.0 Å². The molecule has 2 atom stereocenters. The molecule has 0 spiro atoms. The van der Waals surface area contributed by atoms with Gasteiger partial charge in [-0.05, 0) is 25.1 Å². The van der Waals surface area contributed by atoms with Gasteiger partial charge in [0.1, 0.15) is 16.3 Å². The van der Waals surface area contributed by atoms with Gasteiger partial charge in [0.05, 0.1) is 23.6 Å². The van der Waals surface area contributed by atoms with E-state index in [1.54, 1.807) is 18.2 Å². The van der Waals surface area contributed by atoms with Gasteiger partial charge in [0.2, 0.25) is 11.9 Å². The molecule has 0 radical (unpaired) electrons. The number of ether oxygens (including phenoxy) is 1. The first-order valence-corrected chi connectivity index (χ1v) is 11.3. The summed E-state index contributed by atoms with van der Waals surface area (Å²) in [5.74, 6) is 0.822. The average molecular weight is 463 g/mol. The maximum Gasteiger partial charge on any atom is 0.416 e. The van der Waals surface area contributed by atoms with E-state index >= 15 is 0 Å². The van der Waals surface area contributed by atoms with E-state index in [1.165, 1.54) is 18.0 Å². The Morgan fingerprint density at radius 2 is 2.03 bits per heavy atom. The van der Waals surface area contributed by atoms with Gasteiger partial charge in [-0.25, -0.2) is 9.98 Å². The van der Waals surface area contributed by atoms with E-state index in [-0.39, 0.29) is 11.3 Å². The fourth-order valence-corrected chi connectivity index (χ4v) is 5.33. The molecule has 3 aliphatic rings. The molecule has 0 bridgehead atoms. The lowest BCUT2D eigenvalue weighted by Gasteiger charge is -2.32. The summed E-state index contributed by atoms with van der Waals surface area (Å²) in [6.45, 7) is 5.09. The summed E-state index contributed by atoms with van der Waals surface area (Å²) in [7, 11) is 0. The van der Waals surface area contributed by atoms with E-state index in [0.717, 1.165) is 19.2 Å². The minimum Gasteiger partial charge on any atom is -0.480 e. The van der Waals surface area contributed by atoms with Crippen LogP contribution in [0.4, 0.5) is 13.2 Å². The summed E-state index contributed by atoms with van der Waals surface area (Å²) in [5, 5.41) is 3.07. The van der Waals surface area contributed by atoms with Crippen LogP contribution in [-0.4, -0.2) is 64.8 Å². The molecule has 168 valence electrons. The van der Waals surface area contributed by atoms with Crippen LogP contribution in [0.25, 0.3) is 11.4 Å². The van der Waals surface area contributed by atoms with Crippen LogP contribution in [0.2, 0.25) is 0 Å². The predicted octanol–water partition coefficient (Wildman–Crippen LogP) is 3.39. The number of pyridine rings is 2. The normalized spacial score (nSPS) is 22.7. The molecule has 5 rings (SSSR count). The van der Waals surface area contributed by atoms with Crippen molar-refractivity contribution in [2.75, 3.05) is 32.8 Å². The van der Waals surface area contributed by atoms with Crippen molar-refractivity contribution in [2.45, 2.75) is 29.4 Å². The maximum atomic E-state index is 14.2. The highest BCUT2D eigenvalue weighted by Crippen LogP contribution is 2.52. The molecule has 2 unspecified atom stereocenters. The summed E-state index contributed by atoms with van der Waals surface area (Å²) in [6.07, 6.45) is -3.02. The van der Waals surface area contributed by atoms with Crippen molar-refractivity contribution in [3.63, 3.8) is 0 Å². The van der Waals surface area contributed by atoms with Crippen LogP contribution >= 0.6 is 11.8 Å². The number of halogens is 3. The Kier molecular flexibility index (Phi) is 5.54. The minimum absolute atomic E-state index is 0.0897. The number of nitrogens with one attached hydrogen (secondary N) is 1. The molecule has 0 aliphatic carbocycles. The van der Waals surface area contributed by atoms with E-state index in [9.17, 15) is 13.2 Å². The van der Waals surface area contributed by atoms with E-state index < -0.39 is 23.0 Å². The first-order valence-electron chi connectivity index (χ1n) is 10.4. The number of fused-ring (bicyclic) bond motifs is 3. The van der Waals surface area contributed by atoms with Crippen LogP contribution in [0.15, 0.2) is 45.5 Å². The summed E-state index contributed by atoms with van der Waals surface area (Å²) in [5.41, 5.74) is -0.0692. The molecule has 7 nitrogen and oxygen atoms in total. The Balaban J connectivity index is 1.63. The first-order chi connectivity index (χ1) is 15.5. The van der Waals surface area contributed by atoms with Gasteiger partial charge < -0.3 is 15.0 Å². The molecule has 5 heterocycles. The average Bonchev–Trinajstić information content (AvgIpc) is 3.18. The summed E-state index contributed by atoms with van der Waals surface area (Å²) in [4.78, 5) is 20.0. The monoisotopic (exact) mass is 462 g/mol. The van der Waals surface area contributed by atoms with Crippen molar-refractivity contribution in [1.29, 1.82) is 0 Å². The third kappa shape index (κ3) is 3.83. The lowest BCUT2D eigenvalue weighted by atomic mass is 9.98. The molecule has 2 aromatic heterocycles. The highest BCUT2D eigenvalue weighted by molar-refractivity contribution is 8.01. The van der Waals surface area contributed by atoms with Crippen molar-refractivity contribution >= 4 is 23.6 Å². The van der Waals surface area contributed by atoms with Crippen LogP contribution < -0.4 is 5.32 Å². The Hall–Kier alpha value is -2.66. The molecule has 1 fully saturated rings. The lowest BCUT2D eigenvalue weighted by Crippen LogP contribution is -2.47. The third-order valence-corrected chi connectivity index (χ3v) is 6.73. The molecule has 32 heavy (non-hydrogen) atoms. The molecule has 2 aromatic rings. The zero-order valence-corrected chi connectivity index (χ0v) is 18.1. The van der Waals surface area contributed by atoms with Crippen LogP contribution in [0.3, 0.4) is 0 Å². The second-order valence-corrected chi connectivity index (χ2v) is 8.65. The number of aliphatic imine (C=N–C) groups is 2. The van der Waals surface area contributed by atoms with Gasteiger partial charge in [0.25, 0.3) is 0 Å². The number of piperazine rings is 1. The van der Waals surface area contributed by atoms with Gasteiger partial charge in [0, 0.05) is 37.9 Å². The number of alkyl halides is 3. The smallest absolute Gasteiger partial charge is 0.416 e. The van der Waals surface area contributed by atoms with Gasteiger partial charge in [-0.3, -0.25) is 4.98 Å². The highest BCUT2D eigenvalue weighted by Gasteiger charge is 2.48. The molecule has 0 saturated carbocycles. The standard InChI is InChI=1S/C21H21F3N6OS/c1-2-31-18-17-16(28-20(29-18)30-9-7-25-8-10-30)15-12(21(22,23)24)11-14(27-19(15)32-17)13-5-3-4-6-26-13/h3-6,11,16-17,25H,2,7-10H2,1H3. The number of nitrogens with zero attached hydrogens (tertiary/aromatic N) is 5. The van der Waals surface area contributed by atoms with Gasteiger partial charge >= 0.3 is 6.18 Å². The van der Waals surface area contributed by atoms with Crippen LogP contribution in [0.5, 0.6) is 0 Å². The second-order valence-electron chi connectivity index (χ2n) is 7.52. The number of hydrogen-bond donors (Lipinski definition) is 1. The Morgan fingerprint density at radius 1 is 1.22 bits per heavy atom. The molecule has 1 N–H and O–H groups in total. The summed E-state index contributed by atoms with van der Waals surface area (Å²) in [6, 6.07) is 5.40. The molecule has 3 aliphatic heterocycles. The molecular formula is C21H21F3N6OS. The van der Waals surface area contributed by atoms with Crippen molar-refractivity contribution < 1.29 is 17.9 Å². The third-order valence-electron chi connectivity index (χ3n) is 5.48. The fourth-order valence-electron chi connectivity index (χ4n) is 4.04. The molecule has 1 saturated heterocycles. The molecule has 0 amide bonds. The van der Waals surface area contributed by atoms with Gasteiger partial charge in [0.15, 0.2) is 0 Å². The van der Waals surface area contributed by atoms with Crippen molar-refractivity contribution in [3.05, 3.63) is 41.6 Å². The van der Waals surface area contributed by atoms with Crippen LogP contribution in [0.1, 0.15) is 24.1 Å². The quantitative estimate of drug-likeness (QED) is 0.738. The Bertz CT molecular complexity index is 1070. The number of aromatic nitrogens is 2. The maximum absolute atomic E-state index is 14.2. The zero-order chi connectivity index (χ0) is 22.3. The Morgan fingerprint density at radius 3 is 2.72 bits per heavy atom. The van der Waals surface area contributed by atoms with Gasteiger partial charge in [-0.15, -0.1) is 0 Å². The number of rotatable bonds is 2. The van der Waals surface area contributed by atoms with E-state index in [1.807, 2.05) is 11.8 Å². The van der Waals surface area contributed by atoms with Crippen molar-refractivity contribution in [2.24, 2.45) is 9.98 Å². The van der Waals surface area contributed by atoms with Gasteiger partial charge in [-0.2, -0.15) is 18.2 Å². The lowest BCUT2D eigenvalue weighted by molar-refractivity contribution is -0.138. The molecular weight excluding hydrogens is 441 g/mol. The summed E-state index contributed by atoms with van der Waals surface area (Å²) < 4.78 is 48.4. The fraction of sp³-hybridized carbons (Fsp3) is 0.429. The largest absolute Gasteiger partial charge is 0.480 e. The van der Waals surface area contributed by atoms with Crippen molar-refractivity contribution in [3.8, 4) is 11.4 Å². The first kappa shape index (κ1) is 21.2. The SMILES string of the molecule is CCOC1=NC(N2CCNCC2)=NC2c3c(C(F)(F)F)cc(-c4ccccn4)nc3SC12. The zero-order valence-electron chi connectivity index (χ0n) is 17.3. The predicted molar refractivity (Wildman–Crippen MR) is 116 cm³/mol. The van der Waals surface area contributed by atoms with E-state index in [2.05, 4.69) is 25.3 Å². The molecule has 11 heteroatoms. The van der Waals surface area contributed by atoms with E-state index in [0.29, 0.717) is 42.3 Å². The summed E-state index contributed by atoms with van der Waals surface area (Å²) >= 11 is 1.22. The number of hydrogen-bond acceptors (Lipinski definition) is 8.